The summed E-state index contributed by atoms with van der Waals surface area (Å²) >= 11 is 1.30. The molecule has 0 aliphatic carbocycles. The average Bonchev–Trinajstić information content (AvgIpc) is 2.42. The Hall–Kier alpha value is -1.46. The molecule has 0 spiro atoms. The van der Waals surface area contributed by atoms with Crippen LogP contribution in [0.1, 0.15) is 17.2 Å². The normalized spacial score (nSPS) is 12.4. The molecule has 0 bridgehead atoms. The SMILES string of the molecule is Cc1ccc(C(N)CSc2cccc(F)c2)c(F)c1F. The van der Waals surface area contributed by atoms with Crippen LogP contribution in [0.4, 0.5) is 13.2 Å². The van der Waals surface area contributed by atoms with Gasteiger partial charge in [-0.15, -0.1) is 11.8 Å². The van der Waals surface area contributed by atoms with Gasteiger partial charge < -0.3 is 5.73 Å². The fourth-order valence-electron chi connectivity index (χ4n) is 1.78. The minimum absolute atomic E-state index is 0.136. The standard InChI is InChI=1S/C15H14F3NS/c1-9-5-6-12(15(18)14(9)17)13(19)8-20-11-4-2-3-10(16)7-11/h2-7,13H,8,19H2,1H3. The first kappa shape index (κ1) is 14.9. The van der Waals surface area contributed by atoms with Gasteiger partial charge in [0.2, 0.25) is 0 Å². The lowest BCUT2D eigenvalue weighted by molar-refractivity contribution is 0.487. The molecule has 0 aliphatic heterocycles. The minimum atomic E-state index is -0.905. The minimum Gasteiger partial charge on any atom is -0.323 e. The van der Waals surface area contributed by atoms with Crippen molar-refractivity contribution in [3.63, 3.8) is 0 Å². The lowest BCUT2D eigenvalue weighted by Gasteiger charge is -2.14. The molecule has 1 atom stereocenters. The molecule has 0 fully saturated rings. The summed E-state index contributed by atoms with van der Waals surface area (Å²) in [5.74, 6) is -1.77. The van der Waals surface area contributed by atoms with Crippen molar-refractivity contribution in [2.24, 2.45) is 5.73 Å². The highest BCUT2D eigenvalue weighted by Gasteiger charge is 2.16. The van der Waals surface area contributed by atoms with E-state index in [0.717, 1.165) is 0 Å². The number of rotatable bonds is 4. The van der Waals surface area contributed by atoms with Crippen LogP contribution in [-0.4, -0.2) is 5.75 Å². The third-order valence-corrected chi connectivity index (χ3v) is 4.04. The third kappa shape index (κ3) is 3.35. The molecular formula is C15H14F3NS. The third-order valence-electron chi connectivity index (χ3n) is 2.93. The van der Waals surface area contributed by atoms with Crippen LogP contribution < -0.4 is 5.73 Å². The second kappa shape index (κ2) is 6.33. The van der Waals surface area contributed by atoms with E-state index >= 15 is 0 Å². The molecule has 1 unspecified atom stereocenters. The molecule has 0 saturated heterocycles. The number of hydrogen-bond donors (Lipinski definition) is 1. The van der Waals surface area contributed by atoms with Gasteiger partial charge >= 0.3 is 0 Å². The number of halogens is 3. The smallest absolute Gasteiger partial charge is 0.163 e. The van der Waals surface area contributed by atoms with Crippen LogP contribution in [0, 0.1) is 24.4 Å². The van der Waals surface area contributed by atoms with Gasteiger partial charge in [0.25, 0.3) is 0 Å². The van der Waals surface area contributed by atoms with Crippen molar-refractivity contribution in [2.75, 3.05) is 5.75 Å². The van der Waals surface area contributed by atoms with Gasteiger partial charge in [-0.1, -0.05) is 18.2 Å². The monoisotopic (exact) mass is 297 g/mol. The average molecular weight is 297 g/mol. The summed E-state index contributed by atoms with van der Waals surface area (Å²) in [7, 11) is 0. The number of thioether (sulfide) groups is 1. The van der Waals surface area contributed by atoms with Crippen LogP contribution in [0.15, 0.2) is 41.3 Å². The van der Waals surface area contributed by atoms with Crippen LogP contribution in [0.3, 0.4) is 0 Å². The molecule has 0 aromatic heterocycles. The molecule has 2 aromatic carbocycles. The van der Waals surface area contributed by atoms with Crippen molar-refractivity contribution in [3.05, 3.63) is 65.0 Å². The quantitative estimate of drug-likeness (QED) is 0.856. The number of hydrogen-bond acceptors (Lipinski definition) is 2. The van der Waals surface area contributed by atoms with Crippen molar-refractivity contribution < 1.29 is 13.2 Å². The Balaban J connectivity index is 2.09. The molecule has 1 nitrogen and oxygen atoms in total. The zero-order chi connectivity index (χ0) is 14.7. The zero-order valence-corrected chi connectivity index (χ0v) is 11.7. The molecule has 0 saturated carbocycles. The van der Waals surface area contributed by atoms with E-state index in [2.05, 4.69) is 0 Å². The summed E-state index contributed by atoms with van der Waals surface area (Å²) in [4.78, 5) is 0.702. The van der Waals surface area contributed by atoms with Crippen LogP contribution in [-0.2, 0) is 0 Å². The summed E-state index contributed by atoms with van der Waals surface area (Å²) in [6.07, 6.45) is 0. The van der Waals surface area contributed by atoms with E-state index in [1.807, 2.05) is 0 Å². The van der Waals surface area contributed by atoms with Gasteiger partial charge in [0.15, 0.2) is 11.6 Å². The lowest BCUT2D eigenvalue weighted by Crippen LogP contribution is -2.16. The zero-order valence-electron chi connectivity index (χ0n) is 10.9. The van der Waals surface area contributed by atoms with Crippen LogP contribution in [0.5, 0.6) is 0 Å². The van der Waals surface area contributed by atoms with E-state index in [-0.39, 0.29) is 16.9 Å². The Bertz CT molecular complexity index is 616. The van der Waals surface area contributed by atoms with Crippen molar-refractivity contribution in [2.45, 2.75) is 17.9 Å². The van der Waals surface area contributed by atoms with Gasteiger partial charge in [-0.3, -0.25) is 0 Å². The van der Waals surface area contributed by atoms with E-state index in [4.69, 9.17) is 5.73 Å². The van der Waals surface area contributed by atoms with Gasteiger partial charge in [0.05, 0.1) is 0 Å². The van der Waals surface area contributed by atoms with Gasteiger partial charge in [-0.25, -0.2) is 13.2 Å². The van der Waals surface area contributed by atoms with Crippen molar-refractivity contribution in [1.82, 2.24) is 0 Å². The molecule has 0 amide bonds. The first-order valence-corrected chi connectivity index (χ1v) is 7.06. The largest absolute Gasteiger partial charge is 0.323 e. The van der Waals surface area contributed by atoms with Crippen LogP contribution >= 0.6 is 11.8 Å². The molecule has 2 aromatic rings. The molecule has 2 N–H and O–H groups in total. The fourth-order valence-corrected chi connectivity index (χ4v) is 2.70. The fraction of sp³-hybridized carbons (Fsp3) is 0.200. The topological polar surface area (TPSA) is 26.0 Å². The second-order valence-electron chi connectivity index (χ2n) is 4.47. The molecule has 106 valence electrons. The van der Waals surface area contributed by atoms with E-state index in [1.165, 1.54) is 43.0 Å². The maximum Gasteiger partial charge on any atom is 0.163 e. The molecular weight excluding hydrogens is 283 g/mol. The summed E-state index contributed by atoms with van der Waals surface area (Å²) in [5.41, 5.74) is 6.26. The van der Waals surface area contributed by atoms with Crippen molar-refractivity contribution in [3.8, 4) is 0 Å². The highest BCUT2D eigenvalue weighted by atomic mass is 32.2. The Kier molecular flexibility index (Phi) is 4.73. The highest BCUT2D eigenvalue weighted by molar-refractivity contribution is 7.99. The molecule has 2 rings (SSSR count). The summed E-state index contributed by atoms with van der Waals surface area (Å²) < 4.78 is 40.3. The number of benzene rings is 2. The predicted molar refractivity (Wildman–Crippen MR) is 75.1 cm³/mol. The number of nitrogens with two attached hydrogens (primary N) is 1. The summed E-state index contributed by atoms with van der Waals surface area (Å²) in [6, 6.07) is 8.40. The van der Waals surface area contributed by atoms with Gasteiger partial charge in [-0.2, -0.15) is 0 Å². The molecule has 5 heteroatoms. The predicted octanol–water partition coefficient (Wildman–Crippen LogP) is 4.20. The van der Waals surface area contributed by atoms with Crippen molar-refractivity contribution >= 4 is 11.8 Å². The first-order valence-electron chi connectivity index (χ1n) is 6.07. The Morgan fingerprint density at radius 1 is 1.10 bits per heavy atom. The molecule has 0 heterocycles. The van der Waals surface area contributed by atoms with Gasteiger partial charge in [0.1, 0.15) is 5.82 Å². The van der Waals surface area contributed by atoms with Gasteiger partial charge in [0, 0.05) is 22.3 Å². The Morgan fingerprint density at radius 3 is 2.55 bits per heavy atom. The van der Waals surface area contributed by atoms with E-state index in [1.54, 1.807) is 12.1 Å². The molecule has 0 aliphatic rings. The number of aryl methyl sites for hydroxylation is 1. The van der Waals surface area contributed by atoms with E-state index < -0.39 is 17.7 Å². The van der Waals surface area contributed by atoms with E-state index in [9.17, 15) is 13.2 Å². The van der Waals surface area contributed by atoms with Gasteiger partial charge in [-0.05, 0) is 30.7 Å². The molecule has 0 radical (unpaired) electrons. The second-order valence-corrected chi connectivity index (χ2v) is 5.57. The van der Waals surface area contributed by atoms with Crippen LogP contribution in [0.25, 0.3) is 0 Å². The Labute approximate surface area is 120 Å². The summed E-state index contributed by atoms with van der Waals surface area (Å²) in [5, 5.41) is 0. The molecule has 20 heavy (non-hydrogen) atoms. The van der Waals surface area contributed by atoms with E-state index in [0.29, 0.717) is 10.6 Å². The maximum absolute atomic E-state index is 13.8. The first-order chi connectivity index (χ1) is 9.49. The lowest BCUT2D eigenvalue weighted by atomic mass is 10.1. The van der Waals surface area contributed by atoms with Crippen molar-refractivity contribution in [1.29, 1.82) is 0 Å². The van der Waals surface area contributed by atoms with Crippen LogP contribution in [0.2, 0.25) is 0 Å². The highest BCUT2D eigenvalue weighted by Crippen LogP contribution is 2.26. The summed E-state index contributed by atoms with van der Waals surface area (Å²) in [6.45, 7) is 1.50. The maximum atomic E-state index is 13.8. The Morgan fingerprint density at radius 2 is 1.85 bits per heavy atom.